The Bertz CT molecular complexity index is 638. The van der Waals surface area contributed by atoms with Crippen LogP contribution in [-0.2, 0) is 4.79 Å². The number of nitrogens with zero attached hydrogens (tertiary/aromatic N) is 2. The minimum atomic E-state index is -0.858. The lowest BCUT2D eigenvalue weighted by Gasteiger charge is -2.19. The Morgan fingerprint density at radius 3 is 2.25 bits per heavy atom. The van der Waals surface area contributed by atoms with Crippen molar-refractivity contribution in [2.24, 2.45) is 5.10 Å². The molecule has 0 bridgehead atoms. The minimum Gasteiger partial charge on any atom is -0.480 e. The molecule has 0 spiro atoms. The fourth-order valence-corrected chi connectivity index (χ4v) is 2.33. The maximum atomic E-state index is 11.4. The van der Waals surface area contributed by atoms with E-state index in [1.807, 2.05) is 60.7 Å². The Balaban J connectivity index is 1.98. The van der Waals surface area contributed by atoms with E-state index in [0.717, 1.165) is 17.0 Å². The number of para-hydroxylation sites is 1. The van der Waals surface area contributed by atoms with Crippen molar-refractivity contribution in [2.75, 3.05) is 5.01 Å². The second-order valence-corrected chi connectivity index (χ2v) is 4.65. The molecule has 1 aliphatic heterocycles. The highest BCUT2D eigenvalue weighted by Gasteiger charge is 2.33. The van der Waals surface area contributed by atoms with Crippen LogP contribution in [0.4, 0.5) is 5.69 Å². The standard InChI is InChI=1S/C16H14N2O2/c19-16(20)15-11-14(12-7-3-1-4-8-12)17-18(15)13-9-5-2-6-10-13/h1-10,15H,11H2,(H,19,20)/t15-/m0/s1. The van der Waals surface area contributed by atoms with Gasteiger partial charge in [-0.2, -0.15) is 5.10 Å². The van der Waals surface area contributed by atoms with E-state index in [1.54, 1.807) is 5.01 Å². The van der Waals surface area contributed by atoms with Crippen LogP contribution in [0.15, 0.2) is 65.8 Å². The highest BCUT2D eigenvalue weighted by molar-refractivity contribution is 6.06. The van der Waals surface area contributed by atoms with Crippen LogP contribution in [-0.4, -0.2) is 22.8 Å². The van der Waals surface area contributed by atoms with Gasteiger partial charge in [0.15, 0.2) is 6.04 Å². The van der Waals surface area contributed by atoms with Gasteiger partial charge in [-0.3, -0.25) is 5.01 Å². The number of hydrogen-bond donors (Lipinski definition) is 1. The molecule has 0 saturated carbocycles. The molecule has 1 N–H and O–H groups in total. The smallest absolute Gasteiger partial charge is 0.328 e. The zero-order valence-corrected chi connectivity index (χ0v) is 10.8. The average molecular weight is 266 g/mol. The average Bonchev–Trinajstić information content (AvgIpc) is 2.94. The maximum Gasteiger partial charge on any atom is 0.328 e. The zero-order valence-electron chi connectivity index (χ0n) is 10.8. The molecule has 0 aliphatic carbocycles. The predicted molar refractivity (Wildman–Crippen MR) is 77.9 cm³/mol. The molecule has 1 atom stereocenters. The molecule has 0 radical (unpaired) electrons. The number of carboxylic acid groups (broad SMARTS) is 1. The number of aliphatic carboxylic acids is 1. The number of benzene rings is 2. The first kappa shape index (κ1) is 12.4. The number of rotatable bonds is 3. The quantitative estimate of drug-likeness (QED) is 0.929. The van der Waals surface area contributed by atoms with Gasteiger partial charge in [0.25, 0.3) is 0 Å². The molecular weight excluding hydrogens is 252 g/mol. The minimum absolute atomic E-state index is 0.411. The zero-order chi connectivity index (χ0) is 13.9. The van der Waals surface area contributed by atoms with Crippen LogP contribution in [0.2, 0.25) is 0 Å². The molecule has 20 heavy (non-hydrogen) atoms. The highest BCUT2D eigenvalue weighted by atomic mass is 16.4. The summed E-state index contributed by atoms with van der Waals surface area (Å²) in [6, 6.07) is 18.4. The first-order chi connectivity index (χ1) is 9.75. The van der Waals surface area contributed by atoms with Gasteiger partial charge in [0.1, 0.15) is 0 Å². The SMILES string of the molecule is O=C(O)[C@@H]1CC(c2ccccc2)=NN1c1ccccc1. The summed E-state index contributed by atoms with van der Waals surface area (Å²) >= 11 is 0. The van der Waals surface area contributed by atoms with Gasteiger partial charge in [-0.05, 0) is 17.7 Å². The van der Waals surface area contributed by atoms with Crippen molar-refractivity contribution in [1.82, 2.24) is 0 Å². The molecular formula is C16H14N2O2. The van der Waals surface area contributed by atoms with E-state index < -0.39 is 12.0 Å². The van der Waals surface area contributed by atoms with Crippen LogP contribution in [0.25, 0.3) is 0 Å². The summed E-state index contributed by atoms with van der Waals surface area (Å²) in [5.74, 6) is -0.858. The Hall–Kier alpha value is -2.62. The normalized spacial score (nSPS) is 17.9. The molecule has 0 saturated heterocycles. The van der Waals surface area contributed by atoms with Gasteiger partial charge in [-0.25, -0.2) is 4.79 Å². The predicted octanol–water partition coefficient (Wildman–Crippen LogP) is 2.75. The molecule has 1 aliphatic rings. The van der Waals surface area contributed by atoms with Gasteiger partial charge >= 0.3 is 5.97 Å². The number of anilines is 1. The second-order valence-electron chi connectivity index (χ2n) is 4.65. The lowest BCUT2D eigenvalue weighted by Crippen LogP contribution is -2.34. The van der Waals surface area contributed by atoms with Crippen LogP contribution < -0.4 is 5.01 Å². The number of hydrazone groups is 1. The van der Waals surface area contributed by atoms with Crippen LogP contribution in [0, 0.1) is 0 Å². The molecule has 2 aromatic carbocycles. The molecule has 2 aromatic rings. The first-order valence-corrected chi connectivity index (χ1v) is 6.45. The Morgan fingerprint density at radius 1 is 1.05 bits per heavy atom. The van der Waals surface area contributed by atoms with Crippen LogP contribution in [0.5, 0.6) is 0 Å². The summed E-state index contributed by atoms with van der Waals surface area (Å²) in [5.41, 5.74) is 2.57. The van der Waals surface area contributed by atoms with Crippen molar-refractivity contribution in [3.8, 4) is 0 Å². The van der Waals surface area contributed by atoms with E-state index in [-0.39, 0.29) is 0 Å². The van der Waals surface area contributed by atoms with E-state index in [0.29, 0.717) is 6.42 Å². The van der Waals surface area contributed by atoms with Gasteiger partial charge in [-0.1, -0.05) is 48.5 Å². The molecule has 100 valence electrons. The first-order valence-electron chi connectivity index (χ1n) is 6.45. The lowest BCUT2D eigenvalue weighted by atomic mass is 10.0. The summed E-state index contributed by atoms with van der Waals surface area (Å²) < 4.78 is 0. The summed E-state index contributed by atoms with van der Waals surface area (Å²) in [5, 5.41) is 15.5. The molecule has 0 fully saturated rings. The van der Waals surface area contributed by atoms with Gasteiger partial charge in [0, 0.05) is 6.42 Å². The number of hydrogen-bond acceptors (Lipinski definition) is 3. The van der Waals surface area contributed by atoms with Crippen molar-refractivity contribution in [1.29, 1.82) is 0 Å². The second kappa shape index (κ2) is 5.17. The third-order valence-electron chi connectivity index (χ3n) is 3.32. The molecule has 1 heterocycles. The Kier molecular flexibility index (Phi) is 3.21. The van der Waals surface area contributed by atoms with E-state index in [1.165, 1.54) is 0 Å². The third-order valence-corrected chi connectivity index (χ3v) is 3.32. The fourth-order valence-electron chi connectivity index (χ4n) is 2.33. The van der Waals surface area contributed by atoms with E-state index in [2.05, 4.69) is 5.10 Å². The summed E-state index contributed by atoms with van der Waals surface area (Å²) in [6.07, 6.45) is 0.411. The summed E-state index contributed by atoms with van der Waals surface area (Å²) in [4.78, 5) is 11.4. The number of carbonyl (C=O) groups is 1. The summed E-state index contributed by atoms with van der Waals surface area (Å²) in [6.45, 7) is 0. The van der Waals surface area contributed by atoms with E-state index in [4.69, 9.17) is 0 Å². The fraction of sp³-hybridized carbons (Fsp3) is 0.125. The Morgan fingerprint density at radius 2 is 1.65 bits per heavy atom. The summed E-state index contributed by atoms with van der Waals surface area (Å²) in [7, 11) is 0. The topological polar surface area (TPSA) is 52.9 Å². The van der Waals surface area contributed by atoms with Gasteiger partial charge in [0.2, 0.25) is 0 Å². The van der Waals surface area contributed by atoms with Crippen molar-refractivity contribution in [3.05, 3.63) is 66.2 Å². The monoisotopic (exact) mass is 266 g/mol. The van der Waals surface area contributed by atoms with Crippen LogP contribution >= 0.6 is 0 Å². The van der Waals surface area contributed by atoms with Crippen molar-refractivity contribution in [2.45, 2.75) is 12.5 Å². The molecule has 0 aromatic heterocycles. The van der Waals surface area contributed by atoms with Gasteiger partial charge < -0.3 is 5.11 Å². The van der Waals surface area contributed by atoms with Gasteiger partial charge in [-0.15, -0.1) is 0 Å². The van der Waals surface area contributed by atoms with Crippen molar-refractivity contribution >= 4 is 17.4 Å². The molecule has 4 heteroatoms. The Labute approximate surface area is 117 Å². The van der Waals surface area contributed by atoms with Crippen LogP contribution in [0.1, 0.15) is 12.0 Å². The maximum absolute atomic E-state index is 11.4. The van der Waals surface area contributed by atoms with E-state index >= 15 is 0 Å². The molecule has 0 amide bonds. The number of carboxylic acids is 1. The molecule has 0 unspecified atom stereocenters. The largest absolute Gasteiger partial charge is 0.480 e. The molecule has 4 nitrogen and oxygen atoms in total. The van der Waals surface area contributed by atoms with Crippen molar-refractivity contribution < 1.29 is 9.90 Å². The highest BCUT2D eigenvalue weighted by Crippen LogP contribution is 2.26. The van der Waals surface area contributed by atoms with E-state index in [9.17, 15) is 9.90 Å². The van der Waals surface area contributed by atoms with Crippen molar-refractivity contribution in [3.63, 3.8) is 0 Å². The third kappa shape index (κ3) is 2.28. The molecule has 3 rings (SSSR count). The lowest BCUT2D eigenvalue weighted by molar-refractivity contribution is -0.138. The van der Waals surface area contributed by atoms with Gasteiger partial charge in [0.05, 0.1) is 11.4 Å². The van der Waals surface area contributed by atoms with Crippen LogP contribution in [0.3, 0.4) is 0 Å².